The molecule has 0 bridgehead atoms. The SMILES string of the molecule is O=C(O)CCN(CC1CCCO1)C(=O)c1cc(-c2ccccc2Cl)n[nH]1. The fourth-order valence-electron chi connectivity index (χ4n) is 2.95. The van der Waals surface area contributed by atoms with E-state index in [1.54, 1.807) is 12.1 Å². The first-order valence-corrected chi connectivity index (χ1v) is 8.85. The maximum Gasteiger partial charge on any atom is 0.305 e. The minimum absolute atomic E-state index is 0.0568. The van der Waals surface area contributed by atoms with Gasteiger partial charge in [-0.2, -0.15) is 5.10 Å². The van der Waals surface area contributed by atoms with Crippen LogP contribution in [0.2, 0.25) is 5.02 Å². The van der Waals surface area contributed by atoms with E-state index < -0.39 is 5.97 Å². The zero-order chi connectivity index (χ0) is 18.5. The fraction of sp³-hybridized carbons (Fsp3) is 0.389. The molecule has 0 radical (unpaired) electrons. The van der Waals surface area contributed by atoms with Gasteiger partial charge < -0.3 is 14.7 Å². The van der Waals surface area contributed by atoms with Crippen LogP contribution in [-0.2, 0) is 9.53 Å². The van der Waals surface area contributed by atoms with E-state index in [1.165, 1.54) is 4.90 Å². The van der Waals surface area contributed by atoms with Gasteiger partial charge in [0.15, 0.2) is 0 Å². The van der Waals surface area contributed by atoms with E-state index in [0.717, 1.165) is 18.4 Å². The molecule has 2 heterocycles. The number of H-pyrrole nitrogens is 1. The monoisotopic (exact) mass is 377 g/mol. The van der Waals surface area contributed by atoms with E-state index in [9.17, 15) is 9.59 Å². The van der Waals surface area contributed by atoms with E-state index in [-0.39, 0.29) is 25.0 Å². The van der Waals surface area contributed by atoms with Crippen molar-refractivity contribution < 1.29 is 19.4 Å². The predicted octanol–water partition coefficient (Wildman–Crippen LogP) is 2.83. The van der Waals surface area contributed by atoms with Crippen molar-refractivity contribution >= 4 is 23.5 Å². The predicted molar refractivity (Wildman–Crippen MR) is 96.2 cm³/mol. The van der Waals surface area contributed by atoms with Crippen LogP contribution in [0.15, 0.2) is 30.3 Å². The maximum atomic E-state index is 12.8. The van der Waals surface area contributed by atoms with Gasteiger partial charge in [-0.05, 0) is 25.0 Å². The Morgan fingerprint density at radius 3 is 2.88 bits per heavy atom. The second-order valence-electron chi connectivity index (χ2n) is 6.18. The number of amides is 1. The van der Waals surface area contributed by atoms with Gasteiger partial charge in [0, 0.05) is 25.3 Å². The number of carbonyl (C=O) groups excluding carboxylic acids is 1. The van der Waals surface area contributed by atoms with Gasteiger partial charge in [-0.1, -0.05) is 29.8 Å². The smallest absolute Gasteiger partial charge is 0.305 e. The summed E-state index contributed by atoms with van der Waals surface area (Å²) in [4.78, 5) is 25.3. The summed E-state index contributed by atoms with van der Waals surface area (Å²) in [6.45, 7) is 1.16. The van der Waals surface area contributed by atoms with E-state index in [0.29, 0.717) is 29.6 Å². The van der Waals surface area contributed by atoms with Crippen molar-refractivity contribution in [2.75, 3.05) is 19.7 Å². The van der Waals surface area contributed by atoms with Gasteiger partial charge in [-0.15, -0.1) is 0 Å². The van der Waals surface area contributed by atoms with E-state index in [1.807, 2.05) is 18.2 Å². The summed E-state index contributed by atoms with van der Waals surface area (Å²) in [6.07, 6.45) is 1.64. The number of benzene rings is 1. The molecule has 1 fully saturated rings. The normalized spacial score (nSPS) is 16.6. The van der Waals surface area contributed by atoms with Crippen molar-refractivity contribution in [1.29, 1.82) is 0 Å². The zero-order valence-corrected chi connectivity index (χ0v) is 14.9. The van der Waals surface area contributed by atoms with Crippen molar-refractivity contribution in [3.8, 4) is 11.3 Å². The molecule has 26 heavy (non-hydrogen) atoms. The van der Waals surface area contributed by atoms with Crippen molar-refractivity contribution in [3.63, 3.8) is 0 Å². The Kier molecular flexibility index (Phi) is 5.90. The molecule has 138 valence electrons. The number of halogens is 1. The summed E-state index contributed by atoms with van der Waals surface area (Å²) < 4.78 is 5.58. The first kappa shape index (κ1) is 18.4. The Labute approximate surface area is 155 Å². The second kappa shape index (κ2) is 8.33. The number of rotatable bonds is 7. The largest absolute Gasteiger partial charge is 0.481 e. The maximum absolute atomic E-state index is 12.8. The minimum atomic E-state index is -0.948. The average Bonchev–Trinajstić information content (AvgIpc) is 3.30. The molecule has 1 atom stereocenters. The quantitative estimate of drug-likeness (QED) is 0.773. The Balaban J connectivity index is 1.77. The Hall–Kier alpha value is -2.38. The molecule has 1 aromatic heterocycles. The standard InChI is InChI=1S/C18H20ClN3O4/c19-14-6-2-1-5-13(14)15-10-16(21-20-15)18(25)22(8-7-17(23)24)11-12-4-3-9-26-12/h1-2,5-6,10,12H,3-4,7-9,11H2,(H,20,21)(H,23,24). The number of aromatic nitrogens is 2. The van der Waals surface area contributed by atoms with Crippen LogP contribution in [0.5, 0.6) is 0 Å². The number of hydrogen-bond acceptors (Lipinski definition) is 4. The lowest BCUT2D eigenvalue weighted by atomic mass is 10.1. The Morgan fingerprint density at radius 2 is 2.19 bits per heavy atom. The summed E-state index contributed by atoms with van der Waals surface area (Å²) in [5, 5.41) is 16.4. The molecule has 1 amide bonds. The number of carboxylic acid groups (broad SMARTS) is 1. The zero-order valence-electron chi connectivity index (χ0n) is 14.2. The number of hydrogen-bond donors (Lipinski definition) is 2. The molecule has 1 aliphatic heterocycles. The molecule has 7 nitrogen and oxygen atoms in total. The number of carboxylic acids is 1. The lowest BCUT2D eigenvalue weighted by molar-refractivity contribution is -0.137. The van der Waals surface area contributed by atoms with Crippen LogP contribution in [0.4, 0.5) is 0 Å². The van der Waals surface area contributed by atoms with Gasteiger partial charge in [0.2, 0.25) is 0 Å². The van der Waals surface area contributed by atoms with Crippen LogP contribution in [0.25, 0.3) is 11.3 Å². The molecule has 2 aromatic rings. The molecule has 0 saturated carbocycles. The number of ether oxygens (including phenoxy) is 1. The summed E-state index contributed by atoms with van der Waals surface area (Å²) >= 11 is 6.18. The minimum Gasteiger partial charge on any atom is -0.481 e. The summed E-state index contributed by atoms with van der Waals surface area (Å²) in [6, 6.07) is 8.87. The highest BCUT2D eigenvalue weighted by Crippen LogP contribution is 2.26. The number of aromatic amines is 1. The number of aliphatic carboxylic acids is 1. The molecule has 1 aliphatic rings. The Morgan fingerprint density at radius 1 is 1.38 bits per heavy atom. The van der Waals surface area contributed by atoms with Crippen LogP contribution < -0.4 is 0 Å². The number of carbonyl (C=O) groups is 2. The average molecular weight is 378 g/mol. The first-order chi connectivity index (χ1) is 12.5. The lowest BCUT2D eigenvalue weighted by Crippen LogP contribution is -2.39. The van der Waals surface area contributed by atoms with Crippen LogP contribution in [0.3, 0.4) is 0 Å². The molecule has 1 unspecified atom stereocenters. The van der Waals surface area contributed by atoms with Crippen LogP contribution in [0, 0.1) is 0 Å². The first-order valence-electron chi connectivity index (χ1n) is 8.47. The highest BCUT2D eigenvalue weighted by atomic mass is 35.5. The van der Waals surface area contributed by atoms with Gasteiger partial charge in [-0.3, -0.25) is 14.7 Å². The third-order valence-corrected chi connectivity index (χ3v) is 4.62. The fourth-order valence-corrected chi connectivity index (χ4v) is 3.18. The third kappa shape index (κ3) is 4.42. The summed E-state index contributed by atoms with van der Waals surface area (Å²) in [7, 11) is 0. The molecule has 0 spiro atoms. The molecule has 0 aliphatic carbocycles. The van der Waals surface area contributed by atoms with E-state index in [4.69, 9.17) is 21.4 Å². The van der Waals surface area contributed by atoms with Gasteiger partial charge in [-0.25, -0.2) is 0 Å². The molecular weight excluding hydrogens is 358 g/mol. The van der Waals surface area contributed by atoms with Crippen LogP contribution in [0.1, 0.15) is 29.8 Å². The van der Waals surface area contributed by atoms with Crippen molar-refractivity contribution in [2.45, 2.75) is 25.4 Å². The van der Waals surface area contributed by atoms with E-state index >= 15 is 0 Å². The lowest BCUT2D eigenvalue weighted by Gasteiger charge is -2.24. The highest BCUT2D eigenvalue weighted by molar-refractivity contribution is 6.33. The van der Waals surface area contributed by atoms with Gasteiger partial charge in [0.1, 0.15) is 5.69 Å². The molecule has 1 saturated heterocycles. The van der Waals surface area contributed by atoms with Crippen molar-refractivity contribution in [3.05, 3.63) is 41.0 Å². The molecule has 1 aromatic carbocycles. The van der Waals surface area contributed by atoms with Crippen LogP contribution >= 0.6 is 11.6 Å². The molecule has 8 heteroatoms. The van der Waals surface area contributed by atoms with E-state index in [2.05, 4.69) is 10.2 Å². The third-order valence-electron chi connectivity index (χ3n) is 4.29. The molecule has 3 rings (SSSR count). The summed E-state index contributed by atoms with van der Waals surface area (Å²) in [5.74, 6) is -1.25. The molecule has 2 N–H and O–H groups in total. The van der Waals surface area contributed by atoms with Gasteiger partial charge in [0.25, 0.3) is 5.91 Å². The number of nitrogens with zero attached hydrogens (tertiary/aromatic N) is 2. The van der Waals surface area contributed by atoms with Crippen molar-refractivity contribution in [2.24, 2.45) is 0 Å². The van der Waals surface area contributed by atoms with Gasteiger partial charge in [0.05, 0.1) is 23.2 Å². The van der Waals surface area contributed by atoms with Crippen molar-refractivity contribution in [1.82, 2.24) is 15.1 Å². The second-order valence-corrected chi connectivity index (χ2v) is 6.58. The number of nitrogens with one attached hydrogen (secondary N) is 1. The summed E-state index contributed by atoms with van der Waals surface area (Å²) in [5.41, 5.74) is 1.58. The topological polar surface area (TPSA) is 95.5 Å². The highest BCUT2D eigenvalue weighted by Gasteiger charge is 2.25. The van der Waals surface area contributed by atoms with Crippen LogP contribution in [-0.4, -0.2) is 57.9 Å². The van der Waals surface area contributed by atoms with Gasteiger partial charge >= 0.3 is 5.97 Å². The Bertz CT molecular complexity index is 786. The molecular formula is C18H20ClN3O4.